The van der Waals surface area contributed by atoms with Crippen molar-refractivity contribution in [3.8, 4) is 0 Å². The lowest BCUT2D eigenvalue weighted by atomic mass is 10.1. The number of hydroxylamine groups is 2. The van der Waals surface area contributed by atoms with Gasteiger partial charge in [-0.25, -0.2) is 5.06 Å². The van der Waals surface area contributed by atoms with Gasteiger partial charge in [0.15, 0.2) is 0 Å². The van der Waals surface area contributed by atoms with E-state index in [0.717, 1.165) is 17.5 Å². The second-order valence-electron chi connectivity index (χ2n) is 4.72. The van der Waals surface area contributed by atoms with Crippen LogP contribution in [0.15, 0.2) is 18.2 Å². The van der Waals surface area contributed by atoms with Crippen molar-refractivity contribution >= 4 is 23.4 Å². The van der Waals surface area contributed by atoms with Gasteiger partial charge in [-0.3, -0.25) is 14.4 Å². The summed E-state index contributed by atoms with van der Waals surface area (Å²) in [4.78, 5) is 28.5. The van der Waals surface area contributed by atoms with Crippen molar-refractivity contribution in [3.63, 3.8) is 0 Å². The maximum Gasteiger partial charge on any atom is 0.265 e. The van der Waals surface area contributed by atoms with Crippen molar-refractivity contribution in [1.29, 1.82) is 0 Å². The molecule has 0 bridgehead atoms. The quantitative estimate of drug-likeness (QED) is 0.915. The molecule has 1 N–H and O–H groups in total. The van der Waals surface area contributed by atoms with Crippen LogP contribution in [0.4, 0.5) is 0 Å². The number of amides is 2. The Balaban J connectivity index is 1.80. The second kappa shape index (κ2) is 6.72. The highest BCUT2D eigenvalue weighted by Crippen LogP contribution is 2.16. The molecule has 5 nitrogen and oxygen atoms in total. The SMILES string of the molecule is Cc1ccc(CC(=O)NCC(=O)N2CCCO2)cc1Cl. The van der Waals surface area contributed by atoms with Crippen LogP contribution in [0.1, 0.15) is 17.5 Å². The smallest absolute Gasteiger partial charge is 0.265 e. The van der Waals surface area contributed by atoms with Crippen LogP contribution in [-0.4, -0.2) is 36.6 Å². The molecule has 1 fully saturated rings. The number of hydrogen-bond donors (Lipinski definition) is 1. The number of rotatable bonds is 4. The monoisotopic (exact) mass is 296 g/mol. The molecule has 108 valence electrons. The number of carbonyl (C=O) groups is 2. The Hall–Kier alpha value is -1.59. The van der Waals surface area contributed by atoms with Crippen molar-refractivity contribution in [3.05, 3.63) is 34.3 Å². The number of nitrogens with one attached hydrogen (secondary N) is 1. The summed E-state index contributed by atoms with van der Waals surface area (Å²) in [6.45, 7) is 3.00. The zero-order valence-electron chi connectivity index (χ0n) is 11.3. The summed E-state index contributed by atoms with van der Waals surface area (Å²) in [6.07, 6.45) is 1.04. The molecule has 2 amide bonds. The molecule has 1 aliphatic heterocycles. The van der Waals surface area contributed by atoms with Crippen LogP contribution >= 0.6 is 11.6 Å². The predicted octanol–water partition coefficient (Wildman–Crippen LogP) is 1.47. The molecular formula is C14H17ClN2O3. The zero-order chi connectivity index (χ0) is 14.5. The molecule has 1 aromatic rings. The van der Waals surface area contributed by atoms with E-state index in [1.807, 2.05) is 19.1 Å². The van der Waals surface area contributed by atoms with Gasteiger partial charge in [0.25, 0.3) is 5.91 Å². The summed E-state index contributed by atoms with van der Waals surface area (Å²) in [5.74, 6) is -0.435. The van der Waals surface area contributed by atoms with Gasteiger partial charge < -0.3 is 5.32 Å². The molecule has 1 heterocycles. The summed E-state index contributed by atoms with van der Waals surface area (Å²) in [5.41, 5.74) is 1.79. The largest absolute Gasteiger partial charge is 0.347 e. The van der Waals surface area contributed by atoms with Gasteiger partial charge in [0.05, 0.1) is 26.1 Å². The molecule has 0 aromatic heterocycles. The number of nitrogens with zero attached hydrogens (tertiary/aromatic N) is 1. The van der Waals surface area contributed by atoms with E-state index in [-0.39, 0.29) is 24.8 Å². The highest BCUT2D eigenvalue weighted by molar-refractivity contribution is 6.31. The van der Waals surface area contributed by atoms with Gasteiger partial charge in [0, 0.05) is 5.02 Å². The Morgan fingerprint density at radius 2 is 2.25 bits per heavy atom. The lowest BCUT2D eigenvalue weighted by Crippen LogP contribution is -2.38. The first kappa shape index (κ1) is 14.8. The van der Waals surface area contributed by atoms with E-state index in [2.05, 4.69) is 5.32 Å². The van der Waals surface area contributed by atoms with Crippen LogP contribution in [0.5, 0.6) is 0 Å². The van der Waals surface area contributed by atoms with E-state index in [1.165, 1.54) is 5.06 Å². The summed E-state index contributed by atoms with van der Waals surface area (Å²) in [7, 11) is 0. The zero-order valence-corrected chi connectivity index (χ0v) is 12.1. The molecule has 1 saturated heterocycles. The molecule has 20 heavy (non-hydrogen) atoms. The number of halogens is 1. The summed E-state index contributed by atoms with van der Waals surface area (Å²) in [6, 6.07) is 5.49. The van der Waals surface area contributed by atoms with Gasteiger partial charge in [0.1, 0.15) is 0 Å². The van der Waals surface area contributed by atoms with E-state index >= 15 is 0 Å². The highest BCUT2D eigenvalue weighted by Gasteiger charge is 2.19. The summed E-state index contributed by atoms with van der Waals surface area (Å²) in [5, 5.41) is 4.52. The van der Waals surface area contributed by atoms with Crippen LogP contribution in [0.25, 0.3) is 0 Å². The van der Waals surface area contributed by atoms with Gasteiger partial charge in [-0.2, -0.15) is 0 Å². The molecular weight excluding hydrogens is 280 g/mol. The predicted molar refractivity (Wildman–Crippen MR) is 75.2 cm³/mol. The van der Waals surface area contributed by atoms with Crippen LogP contribution < -0.4 is 5.32 Å². The fourth-order valence-electron chi connectivity index (χ4n) is 1.90. The lowest BCUT2D eigenvalue weighted by Gasteiger charge is -2.14. The fraction of sp³-hybridized carbons (Fsp3) is 0.429. The number of carbonyl (C=O) groups excluding carboxylic acids is 2. The van der Waals surface area contributed by atoms with E-state index in [1.54, 1.807) is 6.07 Å². The molecule has 0 spiro atoms. The number of hydrogen-bond acceptors (Lipinski definition) is 3. The van der Waals surface area contributed by atoms with E-state index < -0.39 is 0 Å². The Bertz CT molecular complexity index is 513. The van der Waals surface area contributed by atoms with Gasteiger partial charge in [-0.1, -0.05) is 23.7 Å². The van der Waals surface area contributed by atoms with Crippen LogP contribution in [0, 0.1) is 6.92 Å². The minimum atomic E-state index is -0.224. The van der Waals surface area contributed by atoms with Gasteiger partial charge >= 0.3 is 0 Å². The molecule has 0 aliphatic carbocycles. The van der Waals surface area contributed by atoms with Crippen molar-refractivity contribution < 1.29 is 14.4 Å². The second-order valence-corrected chi connectivity index (χ2v) is 5.13. The molecule has 1 aromatic carbocycles. The van der Waals surface area contributed by atoms with Crippen molar-refractivity contribution in [2.75, 3.05) is 19.7 Å². The molecule has 6 heteroatoms. The average molecular weight is 297 g/mol. The first-order valence-electron chi connectivity index (χ1n) is 6.51. The third-order valence-electron chi connectivity index (χ3n) is 3.07. The molecule has 1 aliphatic rings. The molecule has 0 saturated carbocycles. The molecule has 0 atom stereocenters. The fourth-order valence-corrected chi connectivity index (χ4v) is 2.10. The standard InChI is InChI=1S/C14H17ClN2O3/c1-10-3-4-11(7-12(10)15)8-13(18)16-9-14(19)17-5-2-6-20-17/h3-4,7H,2,5-6,8-9H2,1H3,(H,16,18). The third-order valence-corrected chi connectivity index (χ3v) is 3.48. The van der Waals surface area contributed by atoms with E-state index in [9.17, 15) is 9.59 Å². The van der Waals surface area contributed by atoms with Crippen molar-refractivity contribution in [2.24, 2.45) is 0 Å². The summed E-state index contributed by atoms with van der Waals surface area (Å²) >= 11 is 6.00. The minimum absolute atomic E-state index is 0.0432. The van der Waals surface area contributed by atoms with Crippen LogP contribution in [0.3, 0.4) is 0 Å². The lowest BCUT2D eigenvalue weighted by molar-refractivity contribution is -0.168. The minimum Gasteiger partial charge on any atom is -0.347 e. The summed E-state index contributed by atoms with van der Waals surface area (Å²) < 4.78 is 0. The highest BCUT2D eigenvalue weighted by atomic mass is 35.5. The maximum atomic E-state index is 11.8. The van der Waals surface area contributed by atoms with Gasteiger partial charge in [-0.05, 0) is 30.5 Å². The first-order valence-corrected chi connectivity index (χ1v) is 6.89. The van der Waals surface area contributed by atoms with Crippen LogP contribution in [-0.2, 0) is 20.8 Å². The average Bonchev–Trinajstić information content (AvgIpc) is 2.94. The molecule has 2 rings (SSSR count). The normalized spacial score (nSPS) is 14.4. The van der Waals surface area contributed by atoms with E-state index in [0.29, 0.717) is 18.2 Å². The Morgan fingerprint density at radius 3 is 2.90 bits per heavy atom. The topological polar surface area (TPSA) is 58.6 Å². The van der Waals surface area contributed by atoms with Gasteiger partial charge in [0.2, 0.25) is 5.91 Å². The maximum absolute atomic E-state index is 11.8. The van der Waals surface area contributed by atoms with E-state index in [4.69, 9.17) is 16.4 Å². The third kappa shape index (κ3) is 3.95. The first-order chi connectivity index (χ1) is 9.56. The van der Waals surface area contributed by atoms with Crippen molar-refractivity contribution in [1.82, 2.24) is 10.4 Å². The Kier molecular flexibility index (Phi) is 4.98. The van der Waals surface area contributed by atoms with Gasteiger partial charge in [-0.15, -0.1) is 0 Å². The van der Waals surface area contributed by atoms with Crippen LogP contribution in [0.2, 0.25) is 5.02 Å². The number of aryl methyl sites for hydroxylation is 1. The Labute approximate surface area is 122 Å². The molecule has 0 radical (unpaired) electrons. The number of benzene rings is 1. The Morgan fingerprint density at radius 1 is 1.45 bits per heavy atom. The van der Waals surface area contributed by atoms with Crippen molar-refractivity contribution in [2.45, 2.75) is 19.8 Å². The molecule has 0 unspecified atom stereocenters.